The third-order valence-corrected chi connectivity index (χ3v) is 9.31. The first kappa shape index (κ1) is 42.9. The predicted octanol–water partition coefficient (Wildman–Crippen LogP) is 15.4. The average Bonchev–Trinajstić information content (AvgIpc) is 3.03. The van der Waals surface area contributed by atoms with E-state index in [1.807, 2.05) is 12.4 Å². The fourth-order valence-electron chi connectivity index (χ4n) is 6.39. The Hall–Kier alpha value is -1.08. The van der Waals surface area contributed by atoms with Gasteiger partial charge in [0.15, 0.2) is 0 Å². The molecule has 0 aliphatic heterocycles. The van der Waals surface area contributed by atoms with Crippen LogP contribution in [0.3, 0.4) is 0 Å². The van der Waals surface area contributed by atoms with Crippen LogP contribution in [-0.4, -0.2) is 4.98 Å². The lowest BCUT2D eigenvalue weighted by Gasteiger charge is -2.17. The highest BCUT2D eigenvalue weighted by atomic mass is 35.5. The van der Waals surface area contributed by atoms with Crippen molar-refractivity contribution in [2.75, 3.05) is 0 Å². The van der Waals surface area contributed by atoms with Crippen LogP contribution >= 0.6 is 12.4 Å². The minimum absolute atomic E-state index is 0. The number of hydrogen-bond donors (Lipinski definition) is 0. The molecule has 0 saturated carbocycles. The summed E-state index contributed by atoms with van der Waals surface area (Å²) in [7, 11) is 0. The van der Waals surface area contributed by atoms with Gasteiger partial charge in [-0.2, -0.15) is 0 Å². The highest BCUT2D eigenvalue weighted by Gasteiger charge is 2.11. The normalized spacial score (nSPS) is 11.7. The molecule has 1 nitrogen and oxygen atoms in total. The van der Waals surface area contributed by atoms with E-state index in [0.717, 1.165) is 5.92 Å². The number of halogens is 1. The molecule has 0 aliphatic carbocycles. The summed E-state index contributed by atoms with van der Waals surface area (Å²) < 4.78 is 0. The van der Waals surface area contributed by atoms with E-state index in [1.54, 1.807) is 0 Å². The molecule has 1 rings (SSSR count). The quantitative estimate of drug-likeness (QED) is 0.0556. The van der Waals surface area contributed by atoms with E-state index in [-0.39, 0.29) is 12.4 Å². The van der Waals surface area contributed by atoms with Gasteiger partial charge in [0.1, 0.15) is 0 Å². The number of allylic oxidation sites excluding steroid dienone is 4. The van der Waals surface area contributed by atoms with Crippen molar-refractivity contribution < 1.29 is 0 Å². The van der Waals surface area contributed by atoms with Crippen molar-refractivity contribution in [2.45, 2.75) is 212 Å². The zero-order chi connectivity index (χ0) is 30.7. The minimum Gasteiger partial charge on any atom is -0.265 e. The molecular formula is C42H76ClN. The van der Waals surface area contributed by atoms with Crippen molar-refractivity contribution in [3.8, 4) is 0 Å². The van der Waals surface area contributed by atoms with E-state index >= 15 is 0 Å². The van der Waals surface area contributed by atoms with Crippen molar-refractivity contribution in [3.63, 3.8) is 0 Å². The maximum absolute atomic E-state index is 4.28. The highest BCUT2D eigenvalue weighted by Crippen LogP contribution is 2.28. The molecular weight excluding hydrogens is 554 g/mol. The summed E-state index contributed by atoms with van der Waals surface area (Å²) in [5.74, 6) is 0.733. The van der Waals surface area contributed by atoms with Gasteiger partial charge in [-0.3, -0.25) is 4.98 Å². The zero-order valence-electron chi connectivity index (χ0n) is 29.8. The van der Waals surface area contributed by atoms with E-state index in [2.05, 4.69) is 55.3 Å². The molecule has 0 atom stereocenters. The second kappa shape index (κ2) is 36.4. The van der Waals surface area contributed by atoms with Crippen LogP contribution in [0.5, 0.6) is 0 Å². The van der Waals surface area contributed by atoms with Gasteiger partial charge < -0.3 is 0 Å². The van der Waals surface area contributed by atoms with Crippen LogP contribution in [0.15, 0.2) is 48.8 Å². The van der Waals surface area contributed by atoms with Gasteiger partial charge in [-0.15, -0.1) is 12.4 Å². The standard InChI is InChI=1S/C42H75N.ClH/c1-3-5-7-9-11-13-15-17-19-21-23-25-27-29-31-33-35-41(42-37-39-43-40-38-42)36-34-32-30-28-26-24-22-20-18-16-14-12-10-8-6-4-2;/h17-20,37-41H,3-16,21-36H2,1-2H3;1H/b19-17-,20-18-;. The summed E-state index contributed by atoms with van der Waals surface area (Å²) >= 11 is 0. The maximum Gasteiger partial charge on any atom is 0.0270 e. The van der Waals surface area contributed by atoms with Crippen LogP contribution < -0.4 is 0 Å². The molecule has 1 heterocycles. The molecule has 256 valence electrons. The molecule has 0 amide bonds. The van der Waals surface area contributed by atoms with Crippen LogP contribution in [0, 0.1) is 0 Å². The van der Waals surface area contributed by atoms with E-state index in [9.17, 15) is 0 Å². The average molecular weight is 631 g/mol. The molecule has 0 N–H and O–H groups in total. The molecule has 44 heavy (non-hydrogen) atoms. The molecule has 0 aromatic carbocycles. The molecule has 1 aromatic rings. The number of unbranched alkanes of at least 4 members (excludes halogenated alkanes) is 24. The van der Waals surface area contributed by atoms with Crippen molar-refractivity contribution in [2.24, 2.45) is 0 Å². The fraction of sp³-hybridized carbons (Fsp3) is 0.786. The number of aromatic nitrogens is 1. The van der Waals surface area contributed by atoms with E-state index in [0.29, 0.717) is 0 Å². The molecule has 0 spiro atoms. The Morgan fingerprint density at radius 1 is 0.432 bits per heavy atom. The van der Waals surface area contributed by atoms with Gasteiger partial charge in [0.2, 0.25) is 0 Å². The zero-order valence-corrected chi connectivity index (χ0v) is 30.6. The molecule has 2 heteroatoms. The van der Waals surface area contributed by atoms with Gasteiger partial charge in [-0.1, -0.05) is 167 Å². The second-order valence-corrected chi connectivity index (χ2v) is 13.4. The molecule has 0 radical (unpaired) electrons. The van der Waals surface area contributed by atoms with Crippen LogP contribution in [0.25, 0.3) is 0 Å². The van der Waals surface area contributed by atoms with Crippen molar-refractivity contribution in [1.82, 2.24) is 4.98 Å². The van der Waals surface area contributed by atoms with Gasteiger partial charge in [0.25, 0.3) is 0 Å². The first-order valence-electron chi connectivity index (χ1n) is 19.6. The molecule has 1 aromatic heterocycles. The summed E-state index contributed by atoms with van der Waals surface area (Å²) in [6, 6.07) is 4.54. The molecule has 0 aliphatic rings. The second-order valence-electron chi connectivity index (χ2n) is 13.4. The monoisotopic (exact) mass is 630 g/mol. The van der Waals surface area contributed by atoms with E-state index in [1.165, 1.54) is 198 Å². The van der Waals surface area contributed by atoms with Gasteiger partial charge in [-0.05, 0) is 87.8 Å². The lowest BCUT2D eigenvalue weighted by Crippen LogP contribution is -2.00. The van der Waals surface area contributed by atoms with Crippen molar-refractivity contribution >= 4 is 12.4 Å². The Balaban J connectivity index is 0.0000185. The topological polar surface area (TPSA) is 12.9 Å². The lowest BCUT2D eigenvalue weighted by atomic mass is 9.88. The van der Waals surface area contributed by atoms with Crippen molar-refractivity contribution in [1.29, 1.82) is 0 Å². The largest absolute Gasteiger partial charge is 0.265 e. The molecule has 0 fully saturated rings. The predicted molar refractivity (Wildman–Crippen MR) is 202 cm³/mol. The third-order valence-electron chi connectivity index (χ3n) is 9.31. The number of hydrogen-bond acceptors (Lipinski definition) is 1. The minimum atomic E-state index is 0. The van der Waals surface area contributed by atoms with Crippen LogP contribution in [-0.2, 0) is 0 Å². The van der Waals surface area contributed by atoms with Gasteiger partial charge in [0.05, 0.1) is 0 Å². The number of pyridine rings is 1. The smallest absolute Gasteiger partial charge is 0.0270 e. The lowest BCUT2D eigenvalue weighted by molar-refractivity contribution is 0.485. The van der Waals surface area contributed by atoms with E-state index in [4.69, 9.17) is 0 Å². The Morgan fingerprint density at radius 3 is 1.07 bits per heavy atom. The van der Waals surface area contributed by atoms with Crippen molar-refractivity contribution in [3.05, 3.63) is 54.4 Å². The summed E-state index contributed by atoms with van der Waals surface area (Å²) in [5, 5.41) is 0. The first-order chi connectivity index (χ1) is 21.4. The summed E-state index contributed by atoms with van der Waals surface area (Å²) in [6.45, 7) is 4.59. The summed E-state index contributed by atoms with van der Waals surface area (Å²) in [5.41, 5.74) is 1.52. The van der Waals surface area contributed by atoms with Gasteiger partial charge in [-0.25, -0.2) is 0 Å². The fourth-order valence-corrected chi connectivity index (χ4v) is 6.39. The third kappa shape index (κ3) is 29.6. The van der Waals surface area contributed by atoms with Crippen LogP contribution in [0.1, 0.15) is 218 Å². The molecule has 0 unspecified atom stereocenters. The number of nitrogens with zero attached hydrogens (tertiary/aromatic N) is 1. The molecule has 0 bridgehead atoms. The SMILES string of the molecule is CCCCCCCC/C=C\CCCCCCCCC(CCCCCCCC/C=C\CCCCCCCC)c1ccncc1.Cl. The van der Waals surface area contributed by atoms with Crippen LogP contribution in [0.2, 0.25) is 0 Å². The number of rotatable bonds is 33. The Bertz CT molecular complexity index is 670. The van der Waals surface area contributed by atoms with E-state index < -0.39 is 0 Å². The van der Waals surface area contributed by atoms with Gasteiger partial charge >= 0.3 is 0 Å². The van der Waals surface area contributed by atoms with Crippen LogP contribution in [0.4, 0.5) is 0 Å². The Labute approximate surface area is 283 Å². The Morgan fingerprint density at radius 2 is 0.727 bits per heavy atom. The summed E-state index contributed by atoms with van der Waals surface area (Å²) in [4.78, 5) is 4.28. The van der Waals surface area contributed by atoms with Gasteiger partial charge in [0, 0.05) is 12.4 Å². The molecule has 0 saturated heterocycles. The maximum atomic E-state index is 4.28. The summed E-state index contributed by atoms with van der Waals surface area (Å²) in [6.07, 6.45) is 55.3. The Kier molecular flexibility index (Phi) is 35.5. The highest BCUT2D eigenvalue weighted by molar-refractivity contribution is 5.85. The first-order valence-corrected chi connectivity index (χ1v) is 19.6.